The Morgan fingerprint density at radius 3 is 2.65 bits per heavy atom. The van der Waals surface area contributed by atoms with Gasteiger partial charge in [0, 0.05) is 38.7 Å². The van der Waals surface area contributed by atoms with Crippen molar-refractivity contribution in [1.82, 2.24) is 15.0 Å². The average Bonchev–Trinajstić information content (AvgIpc) is 3.07. The van der Waals surface area contributed by atoms with Gasteiger partial charge in [0.25, 0.3) is 5.91 Å². The van der Waals surface area contributed by atoms with Crippen LogP contribution in [0.5, 0.6) is 0 Å². The number of rotatable bonds is 2. The van der Waals surface area contributed by atoms with Crippen LogP contribution in [0.15, 0.2) is 10.6 Å². The van der Waals surface area contributed by atoms with E-state index in [-0.39, 0.29) is 23.7 Å². The molecule has 7 heteroatoms. The maximum atomic E-state index is 12.2. The van der Waals surface area contributed by atoms with Gasteiger partial charge < -0.3 is 14.2 Å². The fourth-order valence-corrected chi connectivity index (χ4v) is 2.67. The van der Waals surface area contributed by atoms with Crippen molar-refractivity contribution in [2.75, 3.05) is 32.8 Å². The minimum Gasteiger partial charge on any atom is -0.464 e. The van der Waals surface area contributed by atoms with Crippen LogP contribution in [-0.4, -0.2) is 65.7 Å². The second-order valence-electron chi connectivity index (χ2n) is 5.13. The number of ether oxygens (including phenoxy) is 1. The molecule has 0 spiro atoms. The molecule has 108 valence electrons. The van der Waals surface area contributed by atoms with Gasteiger partial charge >= 0.3 is 5.97 Å². The van der Waals surface area contributed by atoms with Crippen LogP contribution in [0.4, 0.5) is 0 Å². The summed E-state index contributed by atoms with van der Waals surface area (Å²) in [7, 11) is 0. The Morgan fingerprint density at radius 2 is 2.10 bits per heavy atom. The Labute approximate surface area is 116 Å². The fourth-order valence-electron chi connectivity index (χ4n) is 2.67. The van der Waals surface area contributed by atoms with E-state index in [1.54, 1.807) is 17.9 Å². The SMILES string of the molecule is Cc1cc(C(=O)N2CCN(C3CCOC3=O)CC2)on1. The van der Waals surface area contributed by atoms with Crippen molar-refractivity contribution >= 4 is 11.9 Å². The number of hydrogen-bond acceptors (Lipinski definition) is 6. The lowest BCUT2D eigenvalue weighted by atomic mass is 10.1. The van der Waals surface area contributed by atoms with Crippen LogP contribution >= 0.6 is 0 Å². The summed E-state index contributed by atoms with van der Waals surface area (Å²) in [5.41, 5.74) is 0.695. The zero-order valence-electron chi connectivity index (χ0n) is 11.4. The molecule has 2 aliphatic rings. The predicted octanol–water partition coefficient (Wildman–Crippen LogP) is 0.0563. The van der Waals surface area contributed by atoms with Gasteiger partial charge in [0.05, 0.1) is 12.3 Å². The summed E-state index contributed by atoms with van der Waals surface area (Å²) in [4.78, 5) is 27.6. The summed E-state index contributed by atoms with van der Waals surface area (Å²) in [6, 6.07) is 1.50. The van der Waals surface area contributed by atoms with Crippen LogP contribution in [0.25, 0.3) is 0 Å². The Kier molecular flexibility index (Phi) is 3.43. The smallest absolute Gasteiger partial charge is 0.323 e. The molecule has 0 bridgehead atoms. The van der Waals surface area contributed by atoms with E-state index < -0.39 is 0 Å². The van der Waals surface area contributed by atoms with Crippen LogP contribution in [0.3, 0.4) is 0 Å². The number of nitrogens with zero attached hydrogens (tertiary/aromatic N) is 3. The molecule has 20 heavy (non-hydrogen) atoms. The monoisotopic (exact) mass is 279 g/mol. The van der Waals surface area contributed by atoms with Crippen molar-refractivity contribution in [3.05, 3.63) is 17.5 Å². The highest BCUT2D eigenvalue weighted by Gasteiger charge is 2.35. The first-order chi connectivity index (χ1) is 9.65. The number of cyclic esters (lactones) is 1. The highest BCUT2D eigenvalue weighted by Crippen LogP contribution is 2.17. The molecule has 0 aromatic carbocycles. The maximum absolute atomic E-state index is 12.2. The normalized spacial score (nSPS) is 23.9. The van der Waals surface area contributed by atoms with Gasteiger partial charge in [0.2, 0.25) is 5.76 Å². The molecule has 0 radical (unpaired) electrons. The molecular formula is C13H17N3O4. The van der Waals surface area contributed by atoms with Gasteiger partial charge in [0.1, 0.15) is 6.04 Å². The zero-order chi connectivity index (χ0) is 14.1. The molecule has 1 unspecified atom stereocenters. The summed E-state index contributed by atoms with van der Waals surface area (Å²) in [6.45, 7) is 4.81. The number of amides is 1. The first-order valence-corrected chi connectivity index (χ1v) is 6.78. The molecule has 2 saturated heterocycles. The number of aromatic nitrogens is 1. The standard InChI is InChI=1S/C13H17N3O4/c1-9-8-11(20-14-9)12(17)16-5-3-15(4-6-16)10-2-7-19-13(10)18/h8,10H,2-7H2,1H3. The van der Waals surface area contributed by atoms with Crippen molar-refractivity contribution in [3.8, 4) is 0 Å². The summed E-state index contributed by atoms with van der Waals surface area (Å²) in [5, 5.41) is 3.73. The quantitative estimate of drug-likeness (QED) is 0.712. The molecule has 3 heterocycles. The molecule has 0 saturated carbocycles. The average molecular weight is 279 g/mol. The van der Waals surface area contributed by atoms with Crippen LogP contribution < -0.4 is 0 Å². The summed E-state index contributed by atoms with van der Waals surface area (Å²) < 4.78 is 9.97. The van der Waals surface area contributed by atoms with Crippen molar-refractivity contribution in [2.45, 2.75) is 19.4 Å². The molecule has 2 aliphatic heterocycles. The van der Waals surface area contributed by atoms with E-state index in [0.717, 1.165) is 6.42 Å². The van der Waals surface area contributed by atoms with Crippen LogP contribution in [0, 0.1) is 6.92 Å². The van der Waals surface area contributed by atoms with E-state index in [9.17, 15) is 9.59 Å². The Morgan fingerprint density at radius 1 is 1.35 bits per heavy atom. The van der Waals surface area contributed by atoms with Crippen LogP contribution in [0.1, 0.15) is 22.7 Å². The molecule has 7 nitrogen and oxygen atoms in total. The zero-order valence-corrected chi connectivity index (χ0v) is 11.4. The molecule has 1 aromatic heterocycles. The van der Waals surface area contributed by atoms with Crippen LogP contribution in [0.2, 0.25) is 0 Å². The Hall–Kier alpha value is -1.89. The Bertz CT molecular complexity index is 519. The second kappa shape index (κ2) is 5.24. The van der Waals surface area contributed by atoms with Gasteiger partial charge in [0.15, 0.2) is 0 Å². The largest absolute Gasteiger partial charge is 0.464 e. The first kappa shape index (κ1) is 13.1. The number of carbonyl (C=O) groups excluding carboxylic acids is 2. The van der Waals surface area contributed by atoms with E-state index in [2.05, 4.69) is 10.1 Å². The van der Waals surface area contributed by atoms with Crippen molar-refractivity contribution in [3.63, 3.8) is 0 Å². The van der Waals surface area contributed by atoms with E-state index in [0.29, 0.717) is 38.5 Å². The molecule has 1 atom stereocenters. The number of esters is 1. The van der Waals surface area contributed by atoms with Gasteiger partial charge in [-0.25, -0.2) is 0 Å². The van der Waals surface area contributed by atoms with Gasteiger partial charge in [-0.2, -0.15) is 0 Å². The number of carbonyl (C=O) groups is 2. The number of aryl methyl sites for hydroxylation is 1. The highest BCUT2D eigenvalue weighted by molar-refractivity contribution is 5.91. The van der Waals surface area contributed by atoms with Gasteiger partial charge in [-0.15, -0.1) is 0 Å². The third-order valence-electron chi connectivity index (χ3n) is 3.79. The Balaban J connectivity index is 1.58. The third kappa shape index (κ3) is 2.40. The van der Waals surface area contributed by atoms with Gasteiger partial charge in [-0.1, -0.05) is 5.16 Å². The summed E-state index contributed by atoms with van der Waals surface area (Å²) >= 11 is 0. The summed E-state index contributed by atoms with van der Waals surface area (Å²) in [6.07, 6.45) is 0.744. The van der Waals surface area contributed by atoms with Crippen molar-refractivity contribution < 1.29 is 18.8 Å². The van der Waals surface area contributed by atoms with E-state index in [4.69, 9.17) is 9.26 Å². The lowest BCUT2D eigenvalue weighted by Crippen LogP contribution is -2.53. The number of piperazine rings is 1. The van der Waals surface area contributed by atoms with Crippen molar-refractivity contribution in [1.29, 1.82) is 0 Å². The number of hydrogen-bond donors (Lipinski definition) is 0. The molecule has 0 N–H and O–H groups in total. The fraction of sp³-hybridized carbons (Fsp3) is 0.615. The second-order valence-corrected chi connectivity index (χ2v) is 5.13. The molecule has 1 amide bonds. The molecule has 0 aliphatic carbocycles. The lowest BCUT2D eigenvalue weighted by Gasteiger charge is -2.36. The van der Waals surface area contributed by atoms with E-state index in [1.807, 2.05) is 0 Å². The first-order valence-electron chi connectivity index (χ1n) is 6.78. The maximum Gasteiger partial charge on any atom is 0.323 e. The van der Waals surface area contributed by atoms with E-state index >= 15 is 0 Å². The van der Waals surface area contributed by atoms with E-state index in [1.165, 1.54) is 0 Å². The van der Waals surface area contributed by atoms with Crippen LogP contribution in [-0.2, 0) is 9.53 Å². The molecule has 2 fully saturated rings. The lowest BCUT2D eigenvalue weighted by molar-refractivity contribution is -0.142. The predicted molar refractivity (Wildman–Crippen MR) is 68.1 cm³/mol. The third-order valence-corrected chi connectivity index (χ3v) is 3.79. The van der Waals surface area contributed by atoms with Gasteiger partial charge in [-0.3, -0.25) is 14.5 Å². The molecule has 1 aromatic rings. The minimum atomic E-state index is -0.143. The van der Waals surface area contributed by atoms with Crippen molar-refractivity contribution in [2.24, 2.45) is 0 Å². The minimum absolute atomic E-state index is 0.139. The topological polar surface area (TPSA) is 75.9 Å². The van der Waals surface area contributed by atoms with Gasteiger partial charge in [-0.05, 0) is 6.92 Å². The molecule has 3 rings (SSSR count). The molecular weight excluding hydrogens is 262 g/mol. The highest BCUT2D eigenvalue weighted by atomic mass is 16.5. The summed E-state index contributed by atoms with van der Waals surface area (Å²) in [5.74, 6) is -0.00823.